The van der Waals surface area contributed by atoms with Gasteiger partial charge in [-0.1, -0.05) is 47.1 Å². The lowest BCUT2D eigenvalue weighted by Crippen LogP contribution is -2.45. The van der Waals surface area contributed by atoms with Crippen LogP contribution in [0, 0.1) is 22.7 Å². The van der Waals surface area contributed by atoms with Gasteiger partial charge in [-0.2, -0.15) is 5.26 Å². The molecular weight excluding hydrogens is 328 g/mol. The zero-order chi connectivity index (χ0) is 15.0. The fourth-order valence-electron chi connectivity index (χ4n) is 3.07. The maximum Gasteiger partial charge on any atom is 0.244 e. The normalized spacial score (nSPS) is 24.1. The van der Waals surface area contributed by atoms with Crippen molar-refractivity contribution in [3.8, 4) is 6.07 Å². The minimum Gasteiger partial charge on any atom is -0.324 e. The first kappa shape index (κ1) is 14.1. The van der Waals surface area contributed by atoms with Crippen molar-refractivity contribution >= 4 is 38.3 Å². The van der Waals surface area contributed by atoms with Gasteiger partial charge in [0.25, 0.3) is 0 Å². The van der Waals surface area contributed by atoms with Crippen LogP contribution in [0.2, 0.25) is 0 Å². The number of halogens is 1. The second-order valence-corrected chi connectivity index (χ2v) is 6.66. The first-order valence-corrected chi connectivity index (χ1v) is 7.75. The Morgan fingerprint density at radius 3 is 2.57 bits per heavy atom. The summed E-state index contributed by atoms with van der Waals surface area (Å²) in [7, 11) is 0. The molecule has 0 atom stereocenters. The molecule has 0 unspecified atom stereocenters. The molecule has 0 aromatic heterocycles. The number of hydrogen-bond acceptors (Lipinski definition) is 2. The van der Waals surface area contributed by atoms with Crippen LogP contribution in [-0.4, -0.2) is 5.91 Å². The van der Waals surface area contributed by atoms with Crippen molar-refractivity contribution in [1.29, 1.82) is 5.26 Å². The molecule has 0 heterocycles. The van der Waals surface area contributed by atoms with E-state index in [9.17, 15) is 10.1 Å². The van der Waals surface area contributed by atoms with E-state index in [2.05, 4.69) is 34.2 Å². The van der Waals surface area contributed by atoms with Gasteiger partial charge in [-0.05, 0) is 36.3 Å². The average molecular weight is 343 g/mol. The molecule has 1 aliphatic rings. The second kappa shape index (κ2) is 5.16. The predicted octanol–water partition coefficient (Wildman–Crippen LogP) is 4.48. The van der Waals surface area contributed by atoms with Gasteiger partial charge < -0.3 is 5.32 Å². The van der Waals surface area contributed by atoms with Crippen LogP contribution in [0.25, 0.3) is 10.8 Å². The first-order chi connectivity index (χ1) is 10.1. The molecule has 0 spiro atoms. The summed E-state index contributed by atoms with van der Waals surface area (Å²) < 4.78 is 0.989. The molecule has 106 valence electrons. The smallest absolute Gasteiger partial charge is 0.244 e. The second-order valence-electron chi connectivity index (χ2n) is 5.80. The van der Waals surface area contributed by atoms with Crippen molar-refractivity contribution in [3.05, 3.63) is 40.9 Å². The molecule has 1 aliphatic carbocycles. The number of carbonyl (C=O) groups excluding carboxylic acids is 1. The van der Waals surface area contributed by atoms with Crippen LogP contribution >= 0.6 is 15.9 Å². The van der Waals surface area contributed by atoms with Crippen molar-refractivity contribution in [2.24, 2.45) is 11.3 Å². The molecule has 2 aromatic carbocycles. The van der Waals surface area contributed by atoms with Gasteiger partial charge in [0.05, 0.1) is 6.07 Å². The number of anilines is 1. The Bertz CT molecular complexity index is 757. The molecule has 4 heteroatoms. The van der Waals surface area contributed by atoms with Crippen molar-refractivity contribution in [3.63, 3.8) is 0 Å². The Hall–Kier alpha value is -1.86. The third-order valence-corrected chi connectivity index (χ3v) is 4.85. The Kier molecular flexibility index (Phi) is 3.46. The lowest BCUT2D eigenvalue weighted by Gasteiger charge is -2.39. The van der Waals surface area contributed by atoms with Gasteiger partial charge in [-0.15, -0.1) is 0 Å². The molecule has 1 fully saturated rings. The summed E-state index contributed by atoms with van der Waals surface area (Å²) in [6.45, 7) is 2.07. The monoisotopic (exact) mass is 342 g/mol. The molecule has 1 saturated carbocycles. The SMILES string of the molecule is CC1CC(C#N)(C(=O)Nc2ccc(Br)c3ccccc23)C1. The minimum atomic E-state index is -0.854. The zero-order valence-electron chi connectivity index (χ0n) is 11.7. The molecule has 1 amide bonds. The lowest BCUT2D eigenvalue weighted by atomic mass is 9.63. The minimum absolute atomic E-state index is 0.185. The number of rotatable bonds is 2. The highest BCUT2D eigenvalue weighted by Crippen LogP contribution is 2.46. The maximum absolute atomic E-state index is 12.5. The Labute approximate surface area is 132 Å². The molecule has 0 radical (unpaired) electrons. The Morgan fingerprint density at radius 1 is 1.29 bits per heavy atom. The summed E-state index contributed by atoms with van der Waals surface area (Å²) in [5.41, 5.74) is -0.0962. The van der Waals surface area contributed by atoms with E-state index in [1.54, 1.807) is 0 Å². The Balaban J connectivity index is 1.94. The number of fused-ring (bicyclic) bond motifs is 1. The third-order valence-electron chi connectivity index (χ3n) is 4.16. The van der Waals surface area contributed by atoms with E-state index in [1.165, 1.54) is 0 Å². The summed E-state index contributed by atoms with van der Waals surface area (Å²) in [5, 5.41) is 14.3. The van der Waals surface area contributed by atoms with Gasteiger partial charge in [0.15, 0.2) is 0 Å². The predicted molar refractivity (Wildman–Crippen MR) is 86.7 cm³/mol. The number of carbonyl (C=O) groups is 1. The van der Waals surface area contributed by atoms with Crippen molar-refractivity contribution < 1.29 is 4.79 Å². The highest BCUT2D eigenvalue weighted by atomic mass is 79.9. The third kappa shape index (κ3) is 2.32. The number of amides is 1. The van der Waals surface area contributed by atoms with Crippen LogP contribution in [0.5, 0.6) is 0 Å². The molecular formula is C17H15BrN2O. The topological polar surface area (TPSA) is 52.9 Å². The summed E-state index contributed by atoms with van der Waals surface area (Å²) >= 11 is 3.52. The molecule has 3 nitrogen and oxygen atoms in total. The van der Waals surface area contributed by atoms with E-state index in [0.29, 0.717) is 18.8 Å². The van der Waals surface area contributed by atoms with Crippen LogP contribution < -0.4 is 5.32 Å². The van der Waals surface area contributed by atoms with Gasteiger partial charge in [-0.25, -0.2) is 0 Å². The van der Waals surface area contributed by atoms with Crippen LogP contribution in [0.1, 0.15) is 19.8 Å². The summed E-state index contributed by atoms with van der Waals surface area (Å²) in [6.07, 6.45) is 1.29. The lowest BCUT2D eigenvalue weighted by molar-refractivity contribution is -0.128. The standard InChI is InChI=1S/C17H15BrN2O/c1-11-8-17(9-11,10-19)16(21)20-15-7-6-14(18)12-4-2-3-5-13(12)15/h2-7,11H,8-9H2,1H3,(H,20,21). The highest BCUT2D eigenvalue weighted by Gasteiger charge is 2.49. The van der Waals surface area contributed by atoms with Crippen LogP contribution in [0.3, 0.4) is 0 Å². The number of nitriles is 1. The number of hydrogen-bond donors (Lipinski definition) is 1. The van der Waals surface area contributed by atoms with E-state index >= 15 is 0 Å². The number of nitrogens with one attached hydrogen (secondary N) is 1. The maximum atomic E-state index is 12.5. The molecule has 3 rings (SSSR count). The van der Waals surface area contributed by atoms with Gasteiger partial charge in [0.1, 0.15) is 5.41 Å². The summed E-state index contributed by atoms with van der Waals surface area (Å²) in [4.78, 5) is 12.5. The average Bonchev–Trinajstić information content (AvgIpc) is 2.47. The van der Waals surface area contributed by atoms with Crippen LogP contribution in [-0.2, 0) is 4.79 Å². The van der Waals surface area contributed by atoms with Gasteiger partial charge in [0, 0.05) is 15.5 Å². The zero-order valence-corrected chi connectivity index (χ0v) is 13.3. The molecule has 0 saturated heterocycles. The van der Waals surface area contributed by atoms with Crippen molar-refractivity contribution in [2.45, 2.75) is 19.8 Å². The van der Waals surface area contributed by atoms with E-state index in [-0.39, 0.29) is 5.91 Å². The largest absolute Gasteiger partial charge is 0.324 e. The van der Waals surface area contributed by atoms with Gasteiger partial charge in [-0.3, -0.25) is 4.79 Å². The van der Waals surface area contributed by atoms with Gasteiger partial charge >= 0.3 is 0 Å². The van der Waals surface area contributed by atoms with Crippen LogP contribution in [0.15, 0.2) is 40.9 Å². The summed E-state index contributed by atoms with van der Waals surface area (Å²) in [6, 6.07) is 13.9. The molecule has 0 bridgehead atoms. The fraction of sp³-hybridized carbons (Fsp3) is 0.294. The highest BCUT2D eigenvalue weighted by molar-refractivity contribution is 9.10. The number of benzene rings is 2. The quantitative estimate of drug-likeness (QED) is 0.874. The number of nitrogens with zero attached hydrogens (tertiary/aromatic N) is 1. The molecule has 21 heavy (non-hydrogen) atoms. The Morgan fingerprint density at radius 2 is 1.95 bits per heavy atom. The van der Waals surface area contributed by atoms with Crippen molar-refractivity contribution in [2.75, 3.05) is 5.32 Å². The molecule has 2 aromatic rings. The summed E-state index contributed by atoms with van der Waals surface area (Å²) in [5.74, 6) is 0.257. The van der Waals surface area contributed by atoms with E-state index < -0.39 is 5.41 Å². The van der Waals surface area contributed by atoms with Gasteiger partial charge in [0.2, 0.25) is 5.91 Å². The van der Waals surface area contributed by atoms with E-state index in [1.807, 2.05) is 36.4 Å². The van der Waals surface area contributed by atoms with Crippen LogP contribution in [0.4, 0.5) is 5.69 Å². The first-order valence-electron chi connectivity index (χ1n) is 6.96. The van der Waals surface area contributed by atoms with E-state index in [4.69, 9.17) is 0 Å². The van der Waals surface area contributed by atoms with E-state index in [0.717, 1.165) is 20.9 Å². The molecule has 1 N–H and O–H groups in total. The fourth-order valence-corrected chi connectivity index (χ4v) is 3.55. The van der Waals surface area contributed by atoms with Crippen molar-refractivity contribution in [1.82, 2.24) is 0 Å². The molecule has 0 aliphatic heterocycles.